The Kier molecular flexibility index (Phi) is 5.83. The molecule has 0 radical (unpaired) electrons. The van der Waals surface area contributed by atoms with Crippen molar-refractivity contribution in [3.8, 4) is 11.6 Å². The Morgan fingerprint density at radius 1 is 1.28 bits per heavy atom. The first-order valence-electron chi connectivity index (χ1n) is 8.33. The number of amides is 1. The van der Waals surface area contributed by atoms with E-state index >= 15 is 0 Å². The average Bonchev–Trinajstić information content (AvgIpc) is 2.65. The van der Waals surface area contributed by atoms with E-state index in [1.54, 1.807) is 25.5 Å². The van der Waals surface area contributed by atoms with Crippen LogP contribution < -0.4 is 10.1 Å². The number of carbonyl (C=O) groups excluding carboxylic acids is 1. The predicted octanol–water partition coefficient (Wildman–Crippen LogP) is 2.85. The molecular formula is C18H21ClN4O2. The number of ether oxygens (including phenoxy) is 1. The van der Waals surface area contributed by atoms with Crippen molar-refractivity contribution in [2.45, 2.75) is 18.8 Å². The standard InChI is InChI=1S/C18H21ClN4O2/c1-20-16(24)12-23-10-6-13(7-11-23)17-18(22-9-8-21-17)25-15-5-3-2-4-14(15)19/h2-5,8-9,13H,6-7,10-12H2,1H3,(H,20,24). The lowest BCUT2D eigenvalue weighted by Gasteiger charge is -2.31. The van der Waals surface area contributed by atoms with Crippen LogP contribution in [0, 0.1) is 0 Å². The van der Waals surface area contributed by atoms with Crippen molar-refractivity contribution in [2.75, 3.05) is 26.7 Å². The second-order valence-electron chi connectivity index (χ2n) is 6.00. The van der Waals surface area contributed by atoms with Crippen molar-refractivity contribution >= 4 is 17.5 Å². The van der Waals surface area contributed by atoms with Gasteiger partial charge in [-0.05, 0) is 38.1 Å². The number of nitrogens with zero attached hydrogens (tertiary/aromatic N) is 3. The van der Waals surface area contributed by atoms with E-state index in [0.29, 0.717) is 23.2 Å². The van der Waals surface area contributed by atoms with Crippen LogP contribution in [0.5, 0.6) is 11.6 Å². The molecule has 1 amide bonds. The minimum Gasteiger partial charge on any atom is -0.436 e. The van der Waals surface area contributed by atoms with E-state index in [-0.39, 0.29) is 11.8 Å². The highest BCUT2D eigenvalue weighted by atomic mass is 35.5. The van der Waals surface area contributed by atoms with Crippen LogP contribution in [0.3, 0.4) is 0 Å². The minimum absolute atomic E-state index is 0.0423. The van der Waals surface area contributed by atoms with E-state index < -0.39 is 0 Å². The van der Waals surface area contributed by atoms with Crippen molar-refractivity contribution in [1.82, 2.24) is 20.2 Å². The van der Waals surface area contributed by atoms with Gasteiger partial charge in [-0.2, -0.15) is 0 Å². The SMILES string of the molecule is CNC(=O)CN1CCC(c2nccnc2Oc2ccccc2Cl)CC1. The fraction of sp³-hybridized carbons (Fsp3) is 0.389. The van der Waals surface area contributed by atoms with Gasteiger partial charge < -0.3 is 10.1 Å². The number of carbonyl (C=O) groups is 1. The summed E-state index contributed by atoms with van der Waals surface area (Å²) in [5.41, 5.74) is 0.849. The molecule has 1 aromatic heterocycles. The summed E-state index contributed by atoms with van der Waals surface area (Å²) >= 11 is 6.18. The van der Waals surface area contributed by atoms with Gasteiger partial charge in [0.25, 0.3) is 0 Å². The maximum atomic E-state index is 11.5. The Bertz CT molecular complexity index is 733. The van der Waals surface area contributed by atoms with Gasteiger partial charge in [-0.15, -0.1) is 0 Å². The summed E-state index contributed by atoms with van der Waals surface area (Å²) in [5.74, 6) is 1.37. The van der Waals surface area contributed by atoms with Gasteiger partial charge >= 0.3 is 0 Å². The molecule has 0 unspecified atom stereocenters. The Labute approximate surface area is 152 Å². The fourth-order valence-electron chi connectivity index (χ4n) is 2.97. The number of halogens is 1. The Morgan fingerprint density at radius 3 is 2.72 bits per heavy atom. The summed E-state index contributed by atoms with van der Waals surface area (Å²) in [4.78, 5) is 22.5. The molecule has 132 valence electrons. The number of likely N-dealkylation sites (N-methyl/N-ethyl adjacent to an activating group) is 1. The summed E-state index contributed by atoms with van der Waals surface area (Å²) in [7, 11) is 1.66. The molecular weight excluding hydrogens is 340 g/mol. The smallest absolute Gasteiger partial charge is 0.241 e. The van der Waals surface area contributed by atoms with Crippen LogP contribution in [-0.2, 0) is 4.79 Å². The van der Waals surface area contributed by atoms with Gasteiger partial charge in [0.1, 0.15) is 11.4 Å². The maximum Gasteiger partial charge on any atom is 0.241 e. The number of rotatable bonds is 5. The third kappa shape index (κ3) is 4.46. The van der Waals surface area contributed by atoms with Crippen LogP contribution in [-0.4, -0.2) is 47.5 Å². The highest BCUT2D eigenvalue weighted by molar-refractivity contribution is 6.32. The second-order valence-corrected chi connectivity index (χ2v) is 6.41. The number of benzene rings is 1. The summed E-state index contributed by atoms with van der Waals surface area (Å²) in [6.07, 6.45) is 5.13. The van der Waals surface area contributed by atoms with Crippen molar-refractivity contribution in [3.05, 3.63) is 47.4 Å². The lowest BCUT2D eigenvalue weighted by atomic mass is 9.93. The summed E-state index contributed by atoms with van der Waals surface area (Å²) in [6.45, 7) is 2.13. The molecule has 1 aliphatic rings. The highest BCUT2D eigenvalue weighted by Gasteiger charge is 2.26. The largest absolute Gasteiger partial charge is 0.436 e. The molecule has 1 N–H and O–H groups in total. The van der Waals surface area contributed by atoms with Gasteiger partial charge in [0.2, 0.25) is 11.8 Å². The van der Waals surface area contributed by atoms with Gasteiger partial charge in [-0.25, -0.2) is 4.98 Å². The number of aromatic nitrogens is 2. The first kappa shape index (κ1) is 17.6. The van der Waals surface area contributed by atoms with Crippen LogP contribution in [0.1, 0.15) is 24.5 Å². The van der Waals surface area contributed by atoms with Gasteiger partial charge in [0.05, 0.1) is 11.6 Å². The molecule has 1 aromatic carbocycles. The van der Waals surface area contributed by atoms with Crippen molar-refractivity contribution in [2.24, 2.45) is 0 Å². The third-order valence-corrected chi connectivity index (χ3v) is 4.67. The van der Waals surface area contributed by atoms with Crippen LogP contribution in [0.25, 0.3) is 0 Å². The van der Waals surface area contributed by atoms with Crippen LogP contribution >= 0.6 is 11.6 Å². The first-order valence-corrected chi connectivity index (χ1v) is 8.71. The van der Waals surface area contributed by atoms with Crippen molar-refractivity contribution in [3.63, 3.8) is 0 Å². The van der Waals surface area contributed by atoms with E-state index in [1.165, 1.54) is 0 Å². The topological polar surface area (TPSA) is 67.4 Å². The molecule has 0 aliphatic carbocycles. The van der Waals surface area contributed by atoms with Gasteiger partial charge in [0, 0.05) is 25.4 Å². The van der Waals surface area contributed by atoms with Gasteiger partial charge in [-0.1, -0.05) is 23.7 Å². The fourth-order valence-corrected chi connectivity index (χ4v) is 3.15. The Balaban J connectivity index is 1.70. The molecule has 0 bridgehead atoms. The zero-order chi connectivity index (χ0) is 17.6. The molecule has 6 nitrogen and oxygen atoms in total. The van der Waals surface area contributed by atoms with Crippen molar-refractivity contribution in [1.29, 1.82) is 0 Å². The molecule has 2 heterocycles. The molecule has 25 heavy (non-hydrogen) atoms. The second kappa shape index (κ2) is 8.27. The molecule has 1 aliphatic heterocycles. The van der Waals surface area contributed by atoms with E-state index in [9.17, 15) is 4.79 Å². The lowest BCUT2D eigenvalue weighted by Crippen LogP contribution is -2.40. The number of hydrogen-bond donors (Lipinski definition) is 1. The minimum atomic E-state index is 0.0423. The molecule has 1 fully saturated rings. The Hall–Kier alpha value is -2.18. The van der Waals surface area contributed by atoms with E-state index in [1.807, 2.05) is 18.2 Å². The number of likely N-dealkylation sites (tertiary alicyclic amines) is 1. The molecule has 7 heteroatoms. The number of hydrogen-bond acceptors (Lipinski definition) is 5. The summed E-state index contributed by atoms with van der Waals surface area (Å²) < 4.78 is 5.92. The van der Waals surface area contributed by atoms with E-state index in [0.717, 1.165) is 31.6 Å². The lowest BCUT2D eigenvalue weighted by molar-refractivity contribution is -0.122. The van der Waals surface area contributed by atoms with Gasteiger partial charge in [0.15, 0.2) is 0 Å². The van der Waals surface area contributed by atoms with Crippen molar-refractivity contribution < 1.29 is 9.53 Å². The third-order valence-electron chi connectivity index (χ3n) is 4.35. The molecule has 0 spiro atoms. The zero-order valence-corrected chi connectivity index (χ0v) is 14.9. The summed E-state index contributed by atoms with van der Waals surface area (Å²) in [5, 5.41) is 3.20. The normalized spacial score (nSPS) is 15.8. The number of para-hydroxylation sites is 1. The molecule has 2 aromatic rings. The molecule has 3 rings (SSSR count). The van der Waals surface area contributed by atoms with E-state index in [2.05, 4.69) is 20.2 Å². The van der Waals surface area contributed by atoms with Crippen LogP contribution in [0.15, 0.2) is 36.7 Å². The van der Waals surface area contributed by atoms with Crippen LogP contribution in [0.4, 0.5) is 0 Å². The zero-order valence-electron chi connectivity index (χ0n) is 14.1. The quantitative estimate of drug-likeness (QED) is 0.888. The molecule has 0 atom stereocenters. The highest BCUT2D eigenvalue weighted by Crippen LogP contribution is 2.35. The van der Waals surface area contributed by atoms with Crippen LogP contribution in [0.2, 0.25) is 5.02 Å². The predicted molar refractivity (Wildman–Crippen MR) is 96.0 cm³/mol. The maximum absolute atomic E-state index is 11.5. The first-order chi connectivity index (χ1) is 12.2. The molecule has 1 saturated heterocycles. The average molecular weight is 361 g/mol. The number of nitrogens with one attached hydrogen (secondary N) is 1. The monoisotopic (exact) mass is 360 g/mol. The summed E-state index contributed by atoms with van der Waals surface area (Å²) in [6, 6.07) is 7.32. The van der Waals surface area contributed by atoms with Gasteiger partial charge in [-0.3, -0.25) is 14.7 Å². The van der Waals surface area contributed by atoms with E-state index in [4.69, 9.17) is 16.3 Å². The number of piperidine rings is 1. The Morgan fingerprint density at radius 2 is 2.00 bits per heavy atom. The molecule has 0 saturated carbocycles.